The van der Waals surface area contributed by atoms with Crippen LogP contribution in [0, 0.1) is 11.6 Å². The van der Waals surface area contributed by atoms with Crippen LogP contribution in [0.4, 0.5) is 8.78 Å². The van der Waals surface area contributed by atoms with Crippen molar-refractivity contribution >= 4 is 12.0 Å². The van der Waals surface area contributed by atoms with Gasteiger partial charge in [0.05, 0.1) is 20.3 Å². The van der Waals surface area contributed by atoms with E-state index >= 15 is 0 Å². The van der Waals surface area contributed by atoms with Gasteiger partial charge in [-0.05, 0) is 48.4 Å². The van der Waals surface area contributed by atoms with E-state index in [9.17, 15) is 13.6 Å². The molecule has 0 radical (unpaired) electrons. The Morgan fingerprint density at radius 2 is 1.76 bits per heavy atom. The van der Waals surface area contributed by atoms with Crippen LogP contribution in [0.1, 0.15) is 24.1 Å². The van der Waals surface area contributed by atoms with E-state index in [1.54, 1.807) is 38.3 Å². The number of nitrogens with one attached hydrogen (secondary N) is 1. The largest absolute Gasteiger partial charge is 0.493 e. The Kier molecular flexibility index (Phi) is 6.11. The summed E-state index contributed by atoms with van der Waals surface area (Å²) in [5.74, 6) is -1.07. The molecule has 1 N–H and O–H groups in total. The van der Waals surface area contributed by atoms with E-state index in [2.05, 4.69) is 5.32 Å². The van der Waals surface area contributed by atoms with Crippen molar-refractivity contribution in [3.8, 4) is 11.5 Å². The molecule has 0 spiro atoms. The van der Waals surface area contributed by atoms with Crippen LogP contribution < -0.4 is 14.8 Å². The average Bonchev–Trinajstić information content (AvgIpc) is 2.61. The minimum atomic E-state index is -0.945. The number of ether oxygens (including phenoxy) is 2. The summed E-state index contributed by atoms with van der Waals surface area (Å²) < 4.78 is 36.6. The molecule has 0 heterocycles. The summed E-state index contributed by atoms with van der Waals surface area (Å²) in [7, 11) is 3.07. The number of hydrogen-bond donors (Lipinski definition) is 1. The zero-order valence-electron chi connectivity index (χ0n) is 14.2. The molecular weight excluding hydrogens is 328 g/mol. The molecule has 0 aliphatic heterocycles. The summed E-state index contributed by atoms with van der Waals surface area (Å²) in [6, 6.07) is 8.33. The number of carbonyl (C=O) groups is 1. The van der Waals surface area contributed by atoms with Crippen molar-refractivity contribution < 1.29 is 23.0 Å². The highest BCUT2D eigenvalue weighted by molar-refractivity contribution is 5.92. The highest BCUT2D eigenvalue weighted by Crippen LogP contribution is 2.28. The van der Waals surface area contributed by atoms with Gasteiger partial charge in [0.1, 0.15) is 0 Å². The summed E-state index contributed by atoms with van der Waals surface area (Å²) in [4.78, 5) is 12.0. The van der Waals surface area contributed by atoms with Crippen LogP contribution in [0.3, 0.4) is 0 Å². The van der Waals surface area contributed by atoms with Crippen LogP contribution >= 0.6 is 0 Å². The molecule has 2 aromatic rings. The van der Waals surface area contributed by atoms with Gasteiger partial charge < -0.3 is 14.8 Å². The lowest BCUT2D eigenvalue weighted by Gasteiger charge is -2.13. The first-order valence-corrected chi connectivity index (χ1v) is 7.60. The van der Waals surface area contributed by atoms with Crippen LogP contribution in [0.5, 0.6) is 11.5 Å². The summed E-state index contributed by atoms with van der Waals surface area (Å²) >= 11 is 0. The number of benzene rings is 2. The van der Waals surface area contributed by atoms with E-state index in [0.29, 0.717) is 17.1 Å². The molecule has 0 saturated carbocycles. The monoisotopic (exact) mass is 347 g/mol. The smallest absolute Gasteiger partial charge is 0.244 e. The Labute approximate surface area is 145 Å². The molecule has 0 aromatic heterocycles. The summed E-state index contributed by atoms with van der Waals surface area (Å²) in [5, 5.41) is 2.69. The van der Waals surface area contributed by atoms with Gasteiger partial charge in [-0.1, -0.05) is 12.1 Å². The average molecular weight is 347 g/mol. The van der Waals surface area contributed by atoms with Crippen molar-refractivity contribution in [2.75, 3.05) is 14.2 Å². The second kappa shape index (κ2) is 8.28. The third-order valence-corrected chi connectivity index (χ3v) is 3.64. The molecule has 6 heteroatoms. The van der Waals surface area contributed by atoms with Gasteiger partial charge in [0.2, 0.25) is 5.91 Å². The van der Waals surface area contributed by atoms with Gasteiger partial charge in [-0.25, -0.2) is 8.78 Å². The maximum Gasteiger partial charge on any atom is 0.244 e. The molecule has 1 atom stereocenters. The van der Waals surface area contributed by atoms with E-state index in [0.717, 1.165) is 17.7 Å². The van der Waals surface area contributed by atoms with Crippen molar-refractivity contribution in [2.45, 2.75) is 13.0 Å². The summed E-state index contributed by atoms with van der Waals surface area (Å²) in [6.07, 6.45) is 2.98. The Hall–Kier alpha value is -2.89. The fraction of sp³-hybridized carbons (Fsp3) is 0.211. The number of carbonyl (C=O) groups excluding carboxylic acids is 1. The predicted octanol–water partition coefficient (Wildman–Crippen LogP) is 3.87. The lowest BCUT2D eigenvalue weighted by Crippen LogP contribution is -2.24. The van der Waals surface area contributed by atoms with E-state index in [-0.39, 0.29) is 5.91 Å². The number of amides is 1. The number of methoxy groups -OCH3 is 2. The van der Waals surface area contributed by atoms with E-state index < -0.39 is 17.7 Å². The van der Waals surface area contributed by atoms with E-state index in [1.165, 1.54) is 19.3 Å². The lowest BCUT2D eigenvalue weighted by molar-refractivity contribution is -0.117. The molecule has 0 fully saturated rings. The highest BCUT2D eigenvalue weighted by Gasteiger charge is 2.11. The fourth-order valence-corrected chi connectivity index (χ4v) is 2.25. The molecule has 2 aromatic carbocycles. The number of hydrogen-bond acceptors (Lipinski definition) is 3. The topological polar surface area (TPSA) is 47.6 Å². The first-order valence-electron chi connectivity index (χ1n) is 7.60. The van der Waals surface area contributed by atoms with Crippen LogP contribution in [0.25, 0.3) is 6.08 Å². The first-order chi connectivity index (χ1) is 11.9. The molecule has 1 unspecified atom stereocenters. The second-order valence-electron chi connectivity index (χ2n) is 5.35. The van der Waals surface area contributed by atoms with E-state index in [1.807, 2.05) is 0 Å². The highest BCUT2D eigenvalue weighted by atomic mass is 19.2. The van der Waals surface area contributed by atoms with Crippen molar-refractivity contribution in [1.29, 1.82) is 0 Å². The van der Waals surface area contributed by atoms with Crippen LogP contribution in [-0.2, 0) is 4.79 Å². The molecule has 0 aliphatic rings. The quantitative estimate of drug-likeness (QED) is 0.807. The molecule has 2 rings (SSSR count). The maximum atomic E-state index is 13.3. The zero-order chi connectivity index (χ0) is 18.4. The van der Waals surface area contributed by atoms with Gasteiger partial charge in [0.25, 0.3) is 0 Å². The third-order valence-electron chi connectivity index (χ3n) is 3.64. The van der Waals surface area contributed by atoms with Gasteiger partial charge in [-0.15, -0.1) is 0 Å². The summed E-state index contributed by atoms with van der Waals surface area (Å²) in [5.41, 5.74) is 1.24. The number of rotatable bonds is 6. The van der Waals surface area contributed by atoms with Crippen molar-refractivity contribution in [1.82, 2.24) is 5.32 Å². The molecule has 0 saturated heterocycles. The SMILES string of the molecule is COc1ccc(/C=C/C(=O)NC(C)c2ccc(F)c(F)c2)cc1OC. The third kappa shape index (κ3) is 4.79. The van der Waals surface area contributed by atoms with Gasteiger partial charge in [-0.2, -0.15) is 0 Å². The molecule has 0 bridgehead atoms. The van der Waals surface area contributed by atoms with Crippen molar-refractivity contribution in [2.24, 2.45) is 0 Å². The Balaban J connectivity index is 2.03. The fourth-order valence-electron chi connectivity index (χ4n) is 2.25. The molecular formula is C19H19F2NO3. The molecule has 25 heavy (non-hydrogen) atoms. The van der Waals surface area contributed by atoms with Crippen molar-refractivity contribution in [3.05, 3.63) is 65.2 Å². The molecule has 0 aliphatic carbocycles. The molecule has 4 nitrogen and oxygen atoms in total. The number of halogens is 2. The normalized spacial score (nSPS) is 12.0. The van der Waals surface area contributed by atoms with Crippen LogP contribution in [-0.4, -0.2) is 20.1 Å². The Morgan fingerprint density at radius 3 is 2.40 bits per heavy atom. The van der Waals surface area contributed by atoms with Crippen LogP contribution in [0.15, 0.2) is 42.5 Å². The Bertz CT molecular complexity index is 790. The molecule has 1 amide bonds. The van der Waals surface area contributed by atoms with Crippen molar-refractivity contribution in [3.63, 3.8) is 0 Å². The minimum absolute atomic E-state index is 0.355. The minimum Gasteiger partial charge on any atom is -0.493 e. The second-order valence-corrected chi connectivity index (χ2v) is 5.35. The van der Waals surface area contributed by atoms with Crippen LogP contribution in [0.2, 0.25) is 0 Å². The first kappa shape index (κ1) is 18.4. The van der Waals surface area contributed by atoms with Gasteiger partial charge >= 0.3 is 0 Å². The van der Waals surface area contributed by atoms with E-state index in [4.69, 9.17) is 9.47 Å². The predicted molar refractivity (Wildman–Crippen MR) is 91.5 cm³/mol. The van der Waals surface area contributed by atoms with Gasteiger partial charge in [-0.3, -0.25) is 4.79 Å². The standard InChI is InChI=1S/C19H19F2NO3/c1-12(14-6-7-15(20)16(21)11-14)22-19(23)9-5-13-4-8-17(24-2)18(10-13)25-3/h4-12H,1-3H3,(H,22,23)/b9-5+. The lowest BCUT2D eigenvalue weighted by atomic mass is 10.1. The maximum absolute atomic E-state index is 13.3. The van der Waals surface area contributed by atoms with Gasteiger partial charge in [0, 0.05) is 6.08 Å². The Morgan fingerprint density at radius 1 is 1.04 bits per heavy atom. The molecule has 132 valence electrons. The summed E-state index contributed by atoms with van der Waals surface area (Å²) in [6.45, 7) is 1.69. The van der Waals surface area contributed by atoms with Gasteiger partial charge in [0.15, 0.2) is 23.1 Å². The zero-order valence-corrected chi connectivity index (χ0v) is 14.2.